The van der Waals surface area contributed by atoms with Gasteiger partial charge < -0.3 is 11.1 Å². The fraction of sp³-hybridized carbons (Fsp3) is 0.0833. The molecule has 0 aliphatic carbocycles. The quantitative estimate of drug-likeness (QED) is 0.817. The van der Waals surface area contributed by atoms with Crippen molar-refractivity contribution in [2.75, 3.05) is 11.1 Å². The highest BCUT2D eigenvalue weighted by atomic mass is 35.5. The number of thiophene rings is 1. The second-order valence-electron chi connectivity index (χ2n) is 3.65. The average molecular weight is 267 g/mol. The van der Waals surface area contributed by atoms with E-state index >= 15 is 0 Å². The Hall–Kier alpha value is -1.52. The number of nitrogens with one attached hydrogen (secondary N) is 1. The summed E-state index contributed by atoms with van der Waals surface area (Å²) in [5.41, 5.74) is 8.04. The lowest BCUT2D eigenvalue weighted by Crippen LogP contribution is -2.11. The molecule has 1 aromatic carbocycles. The number of halogens is 1. The van der Waals surface area contributed by atoms with Crippen molar-refractivity contribution >= 4 is 40.2 Å². The summed E-state index contributed by atoms with van der Waals surface area (Å²) < 4.78 is 0.590. The van der Waals surface area contributed by atoms with Gasteiger partial charge in [0.1, 0.15) is 0 Å². The summed E-state index contributed by atoms with van der Waals surface area (Å²) in [5, 5.41) is 2.75. The SMILES string of the molecule is Cc1ccc(NC(=O)c2ccc(Cl)s2)c(N)c1. The first kappa shape index (κ1) is 12.0. The molecular weight excluding hydrogens is 256 g/mol. The molecule has 5 heteroatoms. The number of aryl methyl sites for hydroxylation is 1. The largest absolute Gasteiger partial charge is 0.397 e. The Morgan fingerprint density at radius 3 is 2.71 bits per heavy atom. The van der Waals surface area contributed by atoms with Gasteiger partial charge in [-0.25, -0.2) is 0 Å². The standard InChI is InChI=1S/C12H11ClN2OS/c1-7-2-3-9(8(14)6-7)15-12(16)10-4-5-11(13)17-10/h2-6H,14H2,1H3,(H,15,16). The Kier molecular flexibility index (Phi) is 3.36. The number of benzene rings is 1. The lowest BCUT2D eigenvalue weighted by Gasteiger charge is -2.07. The van der Waals surface area contributed by atoms with Crippen molar-refractivity contribution in [3.05, 3.63) is 45.1 Å². The van der Waals surface area contributed by atoms with Crippen LogP contribution in [0.15, 0.2) is 30.3 Å². The Labute approximate surface area is 108 Å². The number of carbonyl (C=O) groups excluding carboxylic acids is 1. The molecule has 2 aromatic rings. The monoisotopic (exact) mass is 266 g/mol. The third-order valence-electron chi connectivity index (χ3n) is 2.25. The fourth-order valence-corrected chi connectivity index (χ4v) is 2.35. The first-order valence-electron chi connectivity index (χ1n) is 4.99. The van der Waals surface area contributed by atoms with Crippen LogP contribution in [0, 0.1) is 6.92 Å². The maximum absolute atomic E-state index is 11.8. The molecule has 0 aliphatic rings. The molecular formula is C12H11ClN2OS. The van der Waals surface area contributed by atoms with E-state index in [9.17, 15) is 4.79 Å². The molecule has 1 heterocycles. The number of nitrogen functional groups attached to an aromatic ring is 1. The van der Waals surface area contributed by atoms with Gasteiger partial charge in [0.05, 0.1) is 20.6 Å². The molecule has 88 valence electrons. The Morgan fingerprint density at radius 2 is 2.12 bits per heavy atom. The molecule has 0 aliphatic heterocycles. The summed E-state index contributed by atoms with van der Waals surface area (Å²) >= 11 is 7.01. The minimum absolute atomic E-state index is 0.197. The minimum Gasteiger partial charge on any atom is -0.397 e. The van der Waals surface area contributed by atoms with Gasteiger partial charge in [-0.1, -0.05) is 17.7 Å². The first-order valence-corrected chi connectivity index (χ1v) is 6.18. The molecule has 0 fully saturated rings. The van der Waals surface area contributed by atoms with E-state index in [4.69, 9.17) is 17.3 Å². The maximum Gasteiger partial charge on any atom is 0.265 e. The first-order chi connectivity index (χ1) is 8.06. The highest BCUT2D eigenvalue weighted by molar-refractivity contribution is 7.18. The maximum atomic E-state index is 11.8. The van der Waals surface area contributed by atoms with Gasteiger partial charge in [-0.15, -0.1) is 11.3 Å². The highest BCUT2D eigenvalue weighted by Crippen LogP contribution is 2.24. The predicted molar refractivity (Wildman–Crippen MR) is 72.9 cm³/mol. The van der Waals surface area contributed by atoms with E-state index in [1.807, 2.05) is 19.1 Å². The Balaban J connectivity index is 2.18. The molecule has 0 spiro atoms. The lowest BCUT2D eigenvalue weighted by molar-refractivity contribution is 0.103. The second-order valence-corrected chi connectivity index (χ2v) is 5.36. The predicted octanol–water partition coefficient (Wildman–Crippen LogP) is 3.54. The zero-order chi connectivity index (χ0) is 12.4. The van der Waals surface area contributed by atoms with Crippen LogP contribution in [0.2, 0.25) is 4.34 Å². The molecule has 3 N–H and O–H groups in total. The fourth-order valence-electron chi connectivity index (χ4n) is 1.42. The molecule has 2 rings (SSSR count). The van der Waals surface area contributed by atoms with Gasteiger partial charge in [-0.2, -0.15) is 0 Å². The van der Waals surface area contributed by atoms with Crippen molar-refractivity contribution in [2.45, 2.75) is 6.92 Å². The van der Waals surface area contributed by atoms with Crippen molar-refractivity contribution in [1.82, 2.24) is 0 Å². The summed E-state index contributed by atoms with van der Waals surface area (Å²) in [6.07, 6.45) is 0. The number of carbonyl (C=O) groups is 1. The van der Waals surface area contributed by atoms with Gasteiger partial charge in [-0.3, -0.25) is 4.79 Å². The molecule has 0 bridgehead atoms. The average Bonchev–Trinajstić information content (AvgIpc) is 2.69. The van der Waals surface area contributed by atoms with Crippen LogP contribution in [0.4, 0.5) is 11.4 Å². The molecule has 0 unspecified atom stereocenters. The number of nitrogens with two attached hydrogens (primary N) is 1. The van der Waals surface area contributed by atoms with E-state index in [0.29, 0.717) is 20.6 Å². The molecule has 0 saturated heterocycles. The third kappa shape index (κ3) is 2.78. The van der Waals surface area contributed by atoms with Crippen molar-refractivity contribution in [3.8, 4) is 0 Å². The molecule has 17 heavy (non-hydrogen) atoms. The normalized spacial score (nSPS) is 10.2. The molecule has 1 aromatic heterocycles. The lowest BCUT2D eigenvalue weighted by atomic mass is 10.2. The van der Waals surface area contributed by atoms with Crippen LogP contribution < -0.4 is 11.1 Å². The van der Waals surface area contributed by atoms with Crippen LogP contribution in [-0.4, -0.2) is 5.91 Å². The summed E-state index contributed by atoms with van der Waals surface area (Å²) in [6, 6.07) is 8.88. The number of rotatable bonds is 2. The van der Waals surface area contributed by atoms with Gasteiger partial charge in [0.15, 0.2) is 0 Å². The minimum atomic E-state index is -0.197. The van der Waals surface area contributed by atoms with Crippen LogP contribution >= 0.6 is 22.9 Å². The van der Waals surface area contributed by atoms with Crippen LogP contribution in [0.25, 0.3) is 0 Å². The van der Waals surface area contributed by atoms with E-state index in [2.05, 4.69) is 5.32 Å². The number of hydrogen-bond donors (Lipinski definition) is 2. The van der Waals surface area contributed by atoms with E-state index in [-0.39, 0.29) is 5.91 Å². The number of amides is 1. The van der Waals surface area contributed by atoms with Crippen molar-refractivity contribution in [2.24, 2.45) is 0 Å². The summed E-state index contributed by atoms with van der Waals surface area (Å²) in [4.78, 5) is 12.4. The van der Waals surface area contributed by atoms with Crippen LogP contribution in [-0.2, 0) is 0 Å². The molecule has 1 amide bonds. The van der Waals surface area contributed by atoms with Gasteiger partial charge in [0, 0.05) is 0 Å². The van der Waals surface area contributed by atoms with Gasteiger partial charge in [-0.05, 0) is 36.8 Å². The molecule has 0 radical (unpaired) electrons. The molecule has 0 atom stereocenters. The van der Waals surface area contributed by atoms with E-state index in [1.165, 1.54) is 11.3 Å². The summed E-state index contributed by atoms with van der Waals surface area (Å²) in [5.74, 6) is -0.197. The molecule has 3 nitrogen and oxygen atoms in total. The van der Waals surface area contributed by atoms with Crippen molar-refractivity contribution < 1.29 is 4.79 Å². The van der Waals surface area contributed by atoms with Gasteiger partial charge in [0.2, 0.25) is 0 Å². The van der Waals surface area contributed by atoms with Gasteiger partial charge in [0.25, 0.3) is 5.91 Å². The van der Waals surface area contributed by atoms with E-state index < -0.39 is 0 Å². The highest BCUT2D eigenvalue weighted by Gasteiger charge is 2.10. The molecule has 0 saturated carbocycles. The zero-order valence-electron chi connectivity index (χ0n) is 9.16. The summed E-state index contributed by atoms with van der Waals surface area (Å²) in [6.45, 7) is 1.95. The van der Waals surface area contributed by atoms with E-state index in [0.717, 1.165) is 5.56 Å². The Bertz CT molecular complexity index is 565. The number of anilines is 2. The van der Waals surface area contributed by atoms with Crippen LogP contribution in [0.5, 0.6) is 0 Å². The van der Waals surface area contributed by atoms with Gasteiger partial charge >= 0.3 is 0 Å². The van der Waals surface area contributed by atoms with Crippen molar-refractivity contribution in [1.29, 1.82) is 0 Å². The Morgan fingerprint density at radius 1 is 1.35 bits per heavy atom. The van der Waals surface area contributed by atoms with Crippen molar-refractivity contribution in [3.63, 3.8) is 0 Å². The second kappa shape index (κ2) is 4.77. The van der Waals surface area contributed by atoms with E-state index in [1.54, 1.807) is 18.2 Å². The van der Waals surface area contributed by atoms with Crippen LogP contribution in [0.3, 0.4) is 0 Å². The summed E-state index contributed by atoms with van der Waals surface area (Å²) in [7, 11) is 0. The smallest absolute Gasteiger partial charge is 0.265 e. The topological polar surface area (TPSA) is 55.1 Å². The third-order valence-corrected chi connectivity index (χ3v) is 3.48. The zero-order valence-corrected chi connectivity index (χ0v) is 10.7. The van der Waals surface area contributed by atoms with Crippen LogP contribution in [0.1, 0.15) is 15.2 Å². The number of hydrogen-bond acceptors (Lipinski definition) is 3.